The highest BCUT2D eigenvalue weighted by Crippen LogP contribution is 2.25. The Bertz CT molecular complexity index is 485. The van der Waals surface area contributed by atoms with E-state index in [-0.39, 0.29) is 12.1 Å². The summed E-state index contributed by atoms with van der Waals surface area (Å²) in [5.74, 6) is 0.382. The number of likely N-dealkylation sites (tertiary alicyclic amines) is 2. The number of ether oxygens (including phenoxy) is 1. The van der Waals surface area contributed by atoms with Crippen LogP contribution < -0.4 is 0 Å². The first kappa shape index (κ1) is 15.3. The van der Waals surface area contributed by atoms with Crippen LogP contribution in [0.15, 0.2) is 30.3 Å². The predicted molar refractivity (Wildman–Crippen MR) is 86.8 cm³/mol. The van der Waals surface area contributed by atoms with Crippen LogP contribution in [0.1, 0.15) is 24.8 Å². The zero-order chi connectivity index (χ0) is 15.4. The molecule has 2 aliphatic heterocycles. The van der Waals surface area contributed by atoms with Crippen LogP contribution in [0.3, 0.4) is 0 Å². The summed E-state index contributed by atoms with van der Waals surface area (Å²) in [6.07, 6.45) is 4.46. The van der Waals surface area contributed by atoms with E-state index in [0.717, 1.165) is 51.9 Å². The first-order chi connectivity index (χ1) is 10.8. The number of carbonyl (C=O) groups is 1. The highest BCUT2D eigenvalue weighted by atomic mass is 16.5. The molecule has 0 bridgehead atoms. The van der Waals surface area contributed by atoms with Gasteiger partial charge in [0, 0.05) is 39.2 Å². The van der Waals surface area contributed by atoms with Gasteiger partial charge < -0.3 is 14.5 Å². The van der Waals surface area contributed by atoms with Gasteiger partial charge in [-0.1, -0.05) is 30.3 Å². The number of nitrogens with zero attached hydrogens (tertiary/aromatic N) is 2. The average Bonchev–Trinajstić information content (AvgIpc) is 3.09. The largest absolute Gasteiger partial charge is 0.381 e. The lowest BCUT2D eigenvalue weighted by Gasteiger charge is -2.39. The Labute approximate surface area is 133 Å². The van der Waals surface area contributed by atoms with E-state index in [2.05, 4.69) is 24.3 Å². The van der Waals surface area contributed by atoms with Crippen molar-refractivity contribution in [3.63, 3.8) is 0 Å². The van der Waals surface area contributed by atoms with Gasteiger partial charge in [0.2, 0.25) is 0 Å². The van der Waals surface area contributed by atoms with E-state index < -0.39 is 0 Å². The molecule has 0 aliphatic carbocycles. The number of hydrogen-bond donors (Lipinski definition) is 0. The minimum absolute atomic E-state index is 0.227. The summed E-state index contributed by atoms with van der Waals surface area (Å²) in [6.45, 7) is 3.47. The molecule has 0 saturated carbocycles. The van der Waals surface area contributed by atoms with E-state index in [1.54, 1.807) is 7.11 Å². The van der Waals surface area contributed by atoms with Gasteiger partial charge in [-0.3, -0.25) is 0 Å². The highest BCUT2D eigenvalue weighted by molar-refractivity contribution is 5.74. The van der Waals surface area contributed by atoms with E-state index >= 15 is 0 Å². The summed E-state index contributed by atoms with van der Waals surface area (Å²) in [5, 5.41) is 0. The molecule has 4 heteroatoms. The first-order valence-electron chi connectivity index (χ1n) is 8.38. The smallest absolute Gasteiger partial charge is 0.320 e. The Morgan fingerprint density at radius 2 is 1.86 bits per heavy atom. The van der Waals surface area contributed by atoms with E-state index in [0.29, 0.717) is 5.92 Å². The number of benzene rings is 1. The third kappa shape index (κ3) is 3.43. The monoisotopic (exact) mass is 302 g/mol. The van der Waals surface area contributed by atoms with Gasteiger partial charge in [-0.15, -0.1) is 0 Å². The van der Waals surface area contributed by atoms with Gasteiger partial charge >= 0.3 is 6.03 Å². The maximum atomic E-state index is 12.6. The predicted octanol–water partition coefficient (Wildman–Crippen LogP) is 2.78. The molecule has 3 rings (SSSR count). The van der Waals surface area contributed by atoms with Crippen molar-refractivity contribution in [1.29, 1.82) is 0 Å². The topological polar surface area (TPSA) is 32.8 Å². The van der Waals surface area contributed by atoms with Crippen LogP contribution in [-0.2, 0) is 11.2 Å². The number of amides is 2. The third-order valence-corrected chi connectivity index (χ3v) is 4.95. The Hall–Kier alpha value is -1.55. The number of carbonyl (C=O) groups excluding carboxylic acids is 1. The van der Waals surface area contributed by atoms with Crippen LogP contribution in [-0.4, -0.2) is 55.2 Å². The lowest BCUT2D eigenvalue weighted by molar-refractivity contribution is 0.000639. The fourth-order valence-electron chi connectivity index (χ4n) is 3.72. The normalized spacial score (nSPS) is 25.5. The summed E-state index contributed by atoms with van der Waals surface area (Å²) in [5.41, 5.74) is 1.32. The molecule has 2 atom stereocenters. The van der Waals surface area contributed by atoms with Gasteiger partial charge in [-0.05, 0) is 31.2 Å². The molecule has 2 amide bonds. The maximum Gasteiger partial charge on any atom is 0.320 e. The van der Waals surface area contributed by atoms with E-state index in [4.69, 9.17) is 4.74 Å². The molecule has 120 valence electrons. The lowest BCUT2D eigenvalue weighted by Crippen LogP contribution is -2.51. The zero-order valence-corrected chi connectivity index (χ0v) is 13.4. The van der Waals surface area contributed by atoms with Crippen LogP contribution in [0.25, 0.3) is 0 Å². The number of methoxy groups -OCH3 is 1. The SMILES string of the molecule is CO[C@H]1CCN(C(=O)N2CCCC2)C[C@@H]1Cc1ccccc1. The van der Waals surface area contributed by atoms with Crippen molar-refractivity contribution < 1.29 is 9.53 Å². The summed E-state index contributed by atoms with van der Waals surface area (Å²) in [6, 6.07) is 10.7. The van der Waals surface area contributed by atoms with Gasteiger partial charge in [0.25, 0.3) is 0 Å². The molecule has 0 aromatic heterocycles. The number of rotatable bonds is 3. The molecular weight excluding hydrogens is 276 g/mol. The molecule has 2 saturated heterocycles. The number of urea groups is 1. The highest BCUT2D eigenvalue weighted by Gasteiger charge is 2.33. The van der Waals surface area contributed by atoms with Crippen molar-refractivity contribution in [3.8, 4) is 0 Å². The van der Waals surface area contributed by atoms with Gasteiger partial charge in [0.1, 0.15) is 0 Å². The van der Waals surface area contributed by atoms with E-state index in [1.165, 1.54) is 5.56 Å². The molecular formula is C18H26N2O2. The second kappa shape index (κ2) is 7.14. The minimum Gasteiger partial charge on any atom is -0.381 e. The molecule has 2 fully saturated rings. The average molecular weight is 302 g/mol. The third-order valence-electron chi connectivity index (χ3n) is 4.95. The Morgan fingerprint density at radius 3 is 2.55 bits per heavy atom. The standard InChI is InChI=1S/C18H26N2O2/c1-22-17-9-12-20(18(21)19-10-5-6-11-19)14-16(17)13-15-7-3-2-4-8-15/h2-4,7-8,16-17H,5-6,9-14H2,1H3/t16-,17-/m0/s1. The summed E-state index contributed by atoms with van der Waals surface area (Å²) in [4.78, 5) is 16.6. The van der Waals surface area contributed by atoms with Crippen LogP contribution >= 0.6 is 0 Å². The van der Waals surface area contributed by atoms with Gasteiger partial charge in [0.05, 0.1) is 6.10 Å². The van der Waals surface area contributed by atoms with Crippen molar-refractivity contribution in [3.05, 3.63) is 35.9 Å². The van der Waals surface area contributed by atoms with Crippen molar-refractivity contribution in [2.45, 2.75) is 31.8 Å². The Morgan fingerprint density at radius 1 is 1.14 bits per heavy atom. The maximum absolute atomic E-state index is 12.6. The molecule has 0 unspecified atom stereocenters. The Balaban J connectivity index is 1.65. The van der Waals surface area contributed by atoms with Gasteiger partial charge in [-0.25, -0.2) is 4.79 Å². The summed E-state index contributed by atoms with van der Waals surface area (Å²) in [7, 11) is 1.79. The molecule has 1 aromatic carbocycles. The molecule has 0 radical (unpaired) electrons. The van der Waals surface area contributed by atoms with Gasteiger partial charge in [-0.2, -0.15) is 0 Å². The van der Waals surface area contributed by atoms with Crippen molar-refractivity contribution in [1.82, 2.24) is 9.80 Å². The van der Waals surface area contributed by atoms with Crippen molar-refractivity contribution in [2.24, 2.45) is 5.92 Å². The number of piperidine rings is 1. The van der Waals surface area contributed by atoms with Crippen molar-refractivity contribution in [2.75, 3.05) is 33.3 Å². The van der Waals surface area contributed by atoms with Crippen LogP contribution in [0.4, 0.5) is 4.79 Å². The fraction of sp³-hybridized carbons (Fsp3) is 0.611. The molecule has 2 aliphatic rings. The van der Waals surface area contributed by atoms with Crippen LogP contribution in [0.2, 0.25) is 0 Å². The molecule has 22 heavy (non-hydrogen) atoms. The molecule has 2 heterocycles. The lowest BCUT2D eigenvalue weighted by atomic mass is 9.88. The fourth-order valence-corrected chi connectivity index (χ4v) is 3.72. The second-order valence-electron chi connectivity index (χ2n) is 6.44. The van der Waals surface area contributed by atoms with E-state index in [9.17, 15) is 4.79 Å². The minimum atomic E-state index is 0.227. The second-order valence-corrected chi connectivity index (χ2v) is 6.44. The molecule has 0 spiro atoms. The molecule has 1 aromatic rings. The van der Waals surface area contributed by atoms with Gasteiger partial charge in [0.15, 0.2) is 0 Å². The summed E-state index contributed by atoms with van der Waals surface area (Å²) >= 11 is 0. The van der Waals surface area contributed by atoms with Crippen LogP contribution in [0, 0.1) is 5.92 Å². The van der Waals surface area contributed by atoms with Crippen LogP contribution in [0.5, 0.6) is 0 Å². The number of hydrogen-bond acceptors (Lipinski definition) is 2. The van der Waals surface area contributed by atoms with Crippen molar-refractivity contribution >= 4 is 6.03 Å². The molecule has 0 N–H and O–H groups in total. The van der Waals surface area contributed by atoms with E-state index in [1.807, 2.05) is 15.9 Å². The zero-order valence-electron chi connectivity index (χ0n) is 13.4. The first-order valence-corrected chi connectivity index (χ1v) is 8.38. The summed E-state index contributed by atoms with van der Waals surface area (Å²) < 4.78 is 5.68. The Kier molecular flexibility index (Phi) is 4.98. The quantitative estimate of drug-likeness (QED) is 0.860. The molecule has 4 nitrogen and oxygen atoms in total.